The summed E-state index contributed by atoms with van der Waals surface area (Å²) in [6, 6.07) is 9.42. The summed E-state index contributed by atoms with van der Waals surface area (Å²) >= 11 is 6.28. The summed E-state index contributed by atoms with van der Waals surface area (Å²) in [5.41, 5.74) is 1.04. The van der Waals surface area contributed by atoms with Crippen LogP contribution in [0.15, 0.2) is 45.7 Å². The van der Waals surface area contributed by atoms with Gasteiger partial charge in [0.15, 0.2) is 0 Å². The van der Waals surface area contributed by atoms with E-state index in [1.165, 1.54) is 4.68 Å². The number of halogens is 1. The molecule has 1 aliphatic heterocycles. The molecule has 2 aromatic heterocycles. The molecule has 0 unspecified atom stereocenters. The lowest BCUT2D eigenvalue weighted by molar-refractivity contribution is 0.122. The third-order valence-corrected chi connectivity index (χ3v) is 4.45. The molecule has 0 bridgehead atoms. The molecule has 4 rings (SSSR count). The first kappa shape index (κ1) is 16.7. The minimum absolute atomic E-state index is 0.0573. The van der Waals surface area contributed by atoms with Gasteiger partial charge in [0, 0.05) is 18.7 Å². The minimum atomic E-state index is -0.393. The summed E-state index contributed by atoms with van der Waals surface area (Å²) < 4.78 is 12.2. The maximum absolute atomic E-state index is 12.5. The summed E-state index contributed by atoms with van der Waals surface area (Å²) in [4.78, 5) is 14.5. The van der Waals surface area contributed by atoms with E-state index in [-0.39, 0.29) is 17.5 Å². The van der Waals surface area contributed by atoms with Crippen LogP contribution in [0.25, 0.3) is 11.5 Å². The lowest BCUT2D eigenvalue weighted by Crippen LogP contribution is -2.38. The Morgan fingerprint density at radius 1 is 1.12 bits per heavy atom. The van der Waals surface area contributed by atoms with Crippen molar-refractivity contribution in [3.63, 3.8) is 0 Å². The molecule has 1 aromatic carbocycles. The Hall–Kier alpha value is -2.71. The van der Waals surface area contributed by atoms with Gasteiger partial charge in [0.25, 0.3) is 5.56 Å². The van der Waals surface area contributed by atoms with Crippen molar-refractivity contribution in [3.8, 4) is 11.5 Å². The fraction of sp³-hybridized carbons (Fsp3) is 0.294. The van der Waals surface area contributed by atoms with E-state index >= 15 is 0 Å². The molecule has 1 aliphatic rings. The second-order valence-corrected chi connectivity index (χ2v) is 6.15. The van der Waals surface area contributed by atoms with Crippen LogP contribution in [0.4, 0.5) is 5.69 Å². The number of hydrogen-bond acceptors (Lipinski definition) is 7. The Bertz CT molecular complexity index is 951. The third-order valence-electron chi connectivity index (χ3n) is 4.09. The van der Waals surface area contributed by atoms with Crippen LogP contribution in [-0.2, 0) is 11.3 Å². The number of aromatic nitrogens is 4. The van der Waals surface area contributed by atoms with Gasteiger partial charge in [-0.3, -0.25) is 4.79 Å². The Morgan fingerprint density at radius 3 is 2.65 bits per heavy atom. The number of hydrogen-bond donors (Lipinski definition) is 0. The summed E-state index contributed by atoms with van der Waals surface area (Å²) in [5.74, 6) is 0.679. The van der Waals surface area contributed by atoms with Crippen molar-refractivity contribution in [2.75, 3.05) is 31.2 Å². The van der Waals surface area contributed by atoms with Crippen molar-refractivity contribution in [2.45, 2.75) is 6.54 Å². The average Bonchev–Trinajstić information content (AvgIpc) is 3.16. The largest absolute Gasteiger partial charge is 0.419 e. The van der Waals surface area contributed by atoms with Gasteiger partial charge < -0.3 is 14.1 Å². The molecule has 3 aromatic rings. The van der Waals surface area contributed by atoms with Crippen LogP contribution >= 0.6 is 11.6 Å². The Balaban J connectivity index is 1.56. The SMILES string of the molecule is O=c1c(Cl)c(N2CCOCC2)cnn1Cc1nnc(-c2ccccc2)o1. The summed E-state index contributed by atoms with van der Waals surface area (Å²) in [6.07, 6.45) is 1.59. The monoisotopic (exact) mass is 373 g/mol. The number of benzene rings is 1. The van der Waals surface area contributed by atoms with Crippen LogP contribution < -0.4 is 10.5 Å². The smallest absolute Gasteiger partial charge is 0.288 e. The quantitative estimate of drug-likeness (QED) is 0.689. The molecule has 26 heavy (non-hydrogen) atoms. The predicted octanol–water partition coefficient (Wildman–Crippen LogP) is 1.83. The lowest BCUT2D eigenvalue weighted by Gasteiger charge is -2.29. The van der Waals surface area contributed by atoms with Gasteiger partial charge in [-0.15, -0.1) is 10.2 Å². The minimum Gasteiger partial charge on any atom is -0.419 e. The van der Waals surface area contributed by atoms with Crippen LogP contribution in [0, 0.1) is 0 Å². The van der Waals surface area contributed by atoms with E-state index in [1.54, 1.807) is 6.20 Å². The molecular formula is C17H16ClN5O3. The van der Waals surface area contributed by atoms with Gasteiger partial charge in [0.2, 0.25) is 11.8 Å². The highest BCUT2D eigenvalue weighted by molar-refractivity contribution is 6.33. The summed E-state index contributed by atoms with van der Waals surface area (Å²) in [6.45, 7) is 2.61. The predicted molar refractivity (Wildman–Crippen MR) is 95.4 cm³/mol. The van der Waals surface area contributed by atoms with E-state index in [2.05, 4.69) is 15.3 Å². The fourth-order valence-corrected chi connectivity index (χ4v) is 3.00. The van der Waals surface area contributed by atoms with Crippen LogP contribution in [0.3, 0.4) is 0 Å². The molecule has 0 radical (unpaired) electrons. The van der Waals surface area contributed by atoms with Crippen molar-refractivity contribution in [3.05, 3.63) is 57.8 Å². The van der Waals surface area contributed by atoms with Gasteiger partial charge in [-0.2, -0.15) is 5.10 Å². The number of morpholine rings is 1. The van der Waals surface area contributed by atoms with Crippen molar-refractivity contribution >= 4 is 17.3 Å². The van der Waals surface area contributed by atoms with E-state index in [4.69, 9.17) is 20.8 Å². The van der Waals surface area contributed by atoms with Crippen molar-refractivity contribution in [1.82, 2.24) is 20.0 Å². The van der Waals surface area contributed by atoms with Gasteiger partial charge >= 0.3 is 0 Å². The zero-order valence-electron chi connectivity index (χ0n) is 13.8. The van der Waals surface area contributed by atoms with E-state index in [1.807, 2.05) is 35.2 Å². The number of rotatable bonds is 4. The Morgan fingerprint density at radius 2 is 1.88 bits per heavy atom. The second kappa shape index (κ2) is 7.27. The highest BCUT2D eigenvalue weighted by Crippen LogP contribution is 2.22. The molecule has 1 fully saturated rings. The van der Waals surface area contributed by atoms with E-state index in [9.17, 15) is 4.79 Å². The molecule has 0 aliphatic carbocycles. The van der Waals surface area contributed by atoms with Gasteiger partial charge in [-0.05, 0) is 12.1 Å². The van der Waals surface area contributed by atoms with Crippen LogP contribution in [0.2, 0.25) is 5.02 Å². The molecule has 0 amide bonds. The molecule has 3 heterocycles. The number of ether oxygens (including phenoxy) is 1. The standard InChI is InChI=1S/C17H16ClN5O3/c18-15-13(22-6-8-25-9-7-22)10-19-23(17(15)24)11-14-20-21-16(26-14)12-4-2-1-3-5-12/h1-5,10H,6-9,11H2. The molecule has 0 atom stereocenters. The van der Waals surface area contributed by atoms with Gasteiger partial charge in [0.1, 0.15) is 11.6 Å². The summed E-state index contributed by atoms with van der Waals surface area (Å²) in [5, 5.41) is 12.3. The molecule has 1 saturated heterocycles. The maximum Gasteiger partial charge on any atom is 0.288 e. The first-order valence-corrected chi connectivity index (χ1v) is 8.56. The highest BCUT2D eigenvalue weighted by atomic mass is 35.5. The second-order valence-electron chi connectivity index (χ2n) is 5.77. The van der Waals surface area contributed by atoms with E-state index in [0.717, 1.165) is 5.56 Å². The number of anilines is 1. The molecule has 134 valence electrons. The lowest BCUT2D eigenvalue weighted by atomic mass is 10.2. The zero-order chi connectivity index (χ0) is 17.9. The van der Waals surface area contributed by atoms with E-state index < -0.39 is 5.56 Å². The van der Waals surface area contributed by atoms with Gasteiger partial charge in [-0.1, -0.05) is 29.8 Å². The molecule has 0 spiro atoms. The van der Waals surface area contributed by atoms with Crippen molar-refractivity contribution in [2.24, 2.45) is 0 Å². The first-order valence-electron chi connectivity index (χ1n) is 8.18. The van der Waals surface area contributed by atoms with Gasteiger partial charge in [0.05, 0.1) is 25.1 Å². The molecular weight excluding hydrogens is 358 g/mol. The molecule has 0 saturated carbocycles. The van der Waals surface area contributed by atoms with Crippen LogP contribution in [0.5, 0.6) is 0 Å². The Kier molecular flexibility index (Phi) is 4.68. The molecule has 9 heteroatoms. The van der Waals surface area contributed by atoms with Crippen molar-refractivity contribution < 1.29 is 9.15 Å². The molecule has 8 nitrogen and oxygen atoms in total. The average molecular weight is 374 g/mol. The third kappa shape index (κ3) is 3.33. The van der Waals surface area contributed by atoms with Crippen LogP contribution in [0.1, 0.15) is 5.89 Å². The highest BCUT2D eigenvalue weighted by Gasteiger charge is 2.19. The van der Waals surface area contributed by atoms with E-state index in [0.29, 0.717) is 37.9 Å². The normalized spacial score (nSPS) is 14.6. The number of nitrogens with zero attached hydrogens (tertiary/aromatic N) is 5. The maximum atomic E-state index is 12.5. The summed E-state index contributed by atoms with van der Waals surface area (Å²) in [7, 11) is 0. The van der Waals surface area contributed by atoms with Crippen molar-refractivity contribution in [1.29, 1.82) is 0 Å². The topological polar surface area (TPSA) is 86.3 Å². The molecule has 0 N–H and O–H groups in total. The zero-order valence-corrected chi connectivity index (χ0v) is 14.6. The van der Waals surface area contributed by atoms with Gasteiger partial charge in [-0.25, -0.2) is 4.68 Å². The Labute approximate surface area is 154 Å². The first-order chi connectivity index (χ1) is 12.7. The fourth-order valence-electron chi connectivity index (χ4n) is 2.74. The van der Waals surface area contributed by atoms with Crippen LogP contribution in [-0.4, -0.2) is 46.3 Å².